The zero-order valence-electron chi connectivity index (χ0n) is 15.1. The van der Waals surface area contributed by atoms with Crippen molar-refractivity contribution in [1.82, 2.24) is 14.4 Å². The number of rotatable bonds is 6. The van der Waals surface area contributed by atoms with Crippen LogP contribution in [0.5, 0.6) is 0 Å². The van der Waals surface area contributed by atoms with Gasteiger partial charge in [0.2, 0.25) is 5.91 Å². The predicted octanol–water partition coefficient (Wildman–Crippen LogP) is 3.50. The summed E-state index contributed by atoms with van der Waals surface area (Å²) in [5.41, 5.74) is 11.3. The molecule has 0 bridgehead atoms. The number of aromatic nitrogens is 3. The third-order valence-corrected chi connectivity index (χ3v) is 5.01. The summed E-state index contributed by atoms with van der Waals surface area (Å²) in [7, 11) is 0. The van der Waals surface area contributed by atoms with E-state index >= 15 is 0 Å². The number of nitrogens with two attached hydrogens (primary N) is 1. The summed E-state index contributed by atoms with van der Waals surface area (Å²) in [6.07, 6.45) is 8.93. The van der Waals surface area contributed by atoms with E-state index in [9.17, 15) is 4.79 Å². The van der Waals surface area contributed by atoms with Gasteiger partial charge in [0.25, 0.3) is 0 Å². The topological polar surface area (TPSA) is 85.3 Å². The van der Waals surface area contributed by atoms with E-state index in [-0.39, 0.29) is 5.91 Å². The van der Waals surface area contributed by atoms with Crippen molar-refractivity contribution in [3.8, 4) is 11.3 Å². The largest absolute Gasteiger partial charge is 0.367 e. The maximum absolute atomic E-state index is 11.8. The number of nitrogens with zero attached hydrogens (tertiary/aromatic N) is 3. The van der Waals surface area contributed by atoms with Gasteiger partial charge in [-0.15, -0.1) is 0 Å². The lowest BCUT2D eigenvalue weighted by Crippen LogP contribution is -2.14. The quantitative estimate of drug-likeness (QED) is 0.713. The average Bonchev–Trinajstić information content (AvgIpc) is 3.37. The predicted molar refractivity (Wildman–Crippen MR) is 102 cm³/mol. The molecule has 0 radical (unpaired) electrons. The second-order valence-electron chi connectivity index (χ2n) is 6.88. The van der Waals surface area contributed by atoms with Gasteiger partial charge in [-0.3, -0.25) is 9.20 Å². The van der Waals surface area contributed by atoms with Gasteiger partial charge in [-0.25, -0.2) is 9.97 Å². The third kappa shape index (κ3) is 2.71. The maximum Gasteiger partial charge on any atom is 0.248 e. The Morgan fingerprint density at radius 1 is 1.35 bits per heavy atom. The Bertz CT molecular complexity index is 987. The van der Waals surface area contributed by atoms with Crippen LogP contribution in [-0.2, 0) is 0 Å². The van der Waals surface area contributed by atoms with Crippen LogP contribution >= 0.6 is 0 Å². The summed E-state index contributed by atoms with van der Waals surface area (Å²) < 4.78 is 2.07. The Balaban J connectivity index is 1.88. The fourth-order valence-electron chi connectivity index (χ4n) is 3.60. The fraction of sp³-hybridized carbons (Fsp3) is 0.350. The number of primary amides is 1. The highest BCUT2D eigenvalue weighted by Gasteiger charge is 2.30. The Labute approximate surface area is 152 Å². The number of imidazole rings is 1. The van der Waals surface area contributed by atoms with Gasteiger partial charge in [-0.1, -0.05) is 13.0 Å². The maximum atomic E-state index is 11.8. The van der Waals surface area contributed by atoms with Crippen LogP contribution in [0.4, 0.5) is 5.82 Å². The number of hydrogen-bond donors (Lipinski definition) is 2. The first kappa shape index (κ1) is 16.6. The van der Waals surface area contributed by atoms with Crippen molar-refractivity contribution in [2.45, 2.75) is 39.0 Å². The zero-order valence-corrected chi connectivity index (χ0v) is 15.1. The molecule has 1 aliphatic rings. The molecule has 0 atom stereocenters. The molecule has 0 aliphatic heterocycles. The van der Waals surface area contributed by atoms with E-state index in [4.69, 9.17) is 5.73 Å². The van der Waals surface area contributed by atoms with Crippen LogP contribution in [0.15, 0.2) is 30.7 Å². The van der Waals surface area contributed by atoms with Gasteiger partial charge in [-0.2, -0.15) is 0 Å². The molecule has 1 amide bonds. The van der Waals surface area contributed by atoms with Crippen molar-refractivity contribution in [2.24, 2.45) is 5.73 Å². The summed E-state index contributed by atoms with van der Waals surface area (Å²) in [6, 6.07) is 3.83. The lowest BCUT2D eigenvalue weighted by atomic mass is 9.92. The third-order valence-electron chi connectivity index (χ3n) is 5.01. The Morgan fingerprint density at radius 2 is 2.15 bits per heavy atom. The van der Waals surface area contributed by atoms with E-state index in [0.717, 1.165) is 54.1 Å². The number of carbonyl (C=O) groups is 1. The first-order chi connectivity index (χ1) is 12.6. The number of anilines is 1. The summed E-state index contributed by atoms with van der Waals surface area (Å²) in [5.74, 6) is 0.915. The van der Waals surface area contributed by atoms with Crippen LogP contribution in [0.1, 0.15) is 53.6 Å². The van der Waals surface area contributed by atoms with E-state index in [1.165, 1.54) is 5.56 Å². The van der Waals surface area contributed by atoms with E-state index < -0.39 is 0 Å². The molecule has 4 rings (SSSR count). The molecule has 0 spiro atoms. The lowest BCUT2D eigenvalue weighted by molar-refractivity contribution is 0.0999. The summed E-state index contributed by atoms with van der Waals surface area (Å²) >= 11 is 0. The molecule has 1 saturated carbocycles. The molecular formula is C20H23N5O. The average molecular weight is 349 g/mol. The SMILES string of the molecule is CCCNc1nccn2c(-c3ccc(C(N)=O)c(C)c3C3CC3)cnc12. The van der Waals surface area contributed by atoms with Crippen molar-refractivity contribution >= 4 is 17.4 Å². The van der Waals surface area contributed by atoms with Crippen LogP contribution in [-0.4, -0.2) is 26.8 Å². The van der Waals surface area contributed by atoms with Gasteiger partial charge in [0, 0.05) is 30.1 Å². The first-order valence-electron chi connectivity index (χ1n) is 9.11. The Hall–Kier alpha value is -2.89. The molecule has 6 nitrogen and oxygen atoms in total. The van der Waals surface area contributed by atoms with Crippen molar-refractivity contribution in [3.63, 3.8) is 0 Å². The highest BCUT2D eigenvalue weighted by atomic mass is 16.1. The number of benzene rings is 1. The van der Waals surface area contributed by atoms with Crippen molar-refractivity contribution in [3.05, 3.63) is 47.4 Å². The molecule has 1 fully saturated rings. The molecule has 0 unspecified atom stereocenters. The van der Waals surface area contributed by atoms with Crippen LogP contribution in [0.25, 0.3) is 16.9 Å². The molecule has 134 valence electrons. The molecule has 3 N–H and O–H groups in total. The van der Waals surface area contributed by atoms with E-state index in [1.807, 2.05) is 31.5 Å². The molecule has 26 heavy (non-hydrogen) atoms. The molecular weight excluding hydrogens is 326 g/mol. The molecule has 0 saturated heterocycles. The molecule has 1 aliphatic carbocycles. The van der Waals surface area contributed by atoms with Crippen LogP contribution < -0.4 is 11.1 Å². The monoisotopic (exact) mass is 349 g/mol. The Morgan fingerprint density at radius 3 is 2.85 bits per heavy atom. The number of carbonyl (C=O) groups excluding carboxylic acids is 1. The minimum Gasteiger partial charge on any atom is -0.367 e. The van der Waals surface area contributed by atoms with Crippen molar-refractivity contribution < 1.29 is 4.79 Å². The highest BCUT2D eigenvalue weighted by molar-refractivity contribution is 5.95. The number of fused-ring (bicyclic) bond motifs is 1. The second-order valence-corrected chi connectivity index (χ2v) is 6.88. The molecule has 1 aromatic carbocycles. The zero-order chi connectivity index (χ0) is 18.3. The summed E-state index contributed by atoms with van der Waals surface area (Å²) in [4.78, 5) is 20.8. The van der Waals surface area contributed by atoms with Gasteiger partial charge < -0.3 is 11.1 Å². The van der Waals surface area contributed by atoms with Gasteiger partial charge >= 0.3 is 0 Å². The number of amides is 1. The molecule has 2 heterocycles. The fourth-order valence-corrected chi connectivity index (χ4v) is 3.60. The minimum absolute atomic E-state index is 0.371. The van der Waals surface area contributed by atoms with Crippen LogP contribution in [0.2, 0.25) is 0 Å². The van der Waals surface area contributed by atoms with Crippen molar-refractivity contribution in [1.29, 1.82) is 0 Å². The van der Waals surface area contributed by atoms with Gasteiger partial charge in [-0.05, 0) is 49.3 Å². The standard InChI is InChI=1S/C20H23N5O/c1-3-8-22-19-20-24-11-16(25(20)10-9-23-19)15-7-6-14(18(21)26)12(2)17(15)13-4-5-13/h6-7,9-11,13H,3-5,8H2,1-2H3,(H2,21,26)(H,22,23). The smallest absolute Gasteiger partial charge is 0.248 e. The van der Waals surface area contributed by atoms with E-state index in [0.29, 0.717) is 11.5 Å². The van der Waals surface area contributed by atoms with E-state index in [2.05, 4.69) is 26.6 Å². The van der Waals surface area contributed by atoms with Crippen LogP contribution in [0.3, 0.4) is 0 Å². The normalized spacial score (nSPS) is 13.9. The van der Waals surface area contributed by atoms with Gasteiger partial charge in [0.15, 0.2) is 11.5 Å². The molecule has 2 aromatic heterocycles. The van der Waals surface area contributed by atoms with E-state index in [1.54, 1.807) is 6.20 Å². The van der Waals surface area contributed by atoms with Crippen LogP contribution in [0, 0.1) is 6.92 Å². The first-order valence-corrected chi connectivity index (χ1v) is 9.11. The highest BCUT2D eigenvalue weighted by Crippen LogP contribution is 2.46. The summed E-state index contributed by atoms with van der Waals surface area (Å²) in [6.45, 7) is 4.97. The lowest BCUT2D eigenvalue weighted by Gasteiger charge is -2.15. The van der Waals surface area contributed by atoms with Crippen molar-refractivity contribution in [2.75, 3.05) is 11.9 Å². The van der Waals surface area contributed by atoms with Gasteiger partial charge in [0.1, 0.15) is 0 Å². The molecule has 3 aromatic rings. The Kier molecular flexibility index (Phi) is 4.11. The summed E-state index contributed by atoms with van der Waals surface area (Å²) in [5, 5.41) is 3.33. The number of hydrogen-bond acceptors (Lipinski definition) is 4. The minimum atomic E-state index is -0.371. The van der Waals surface area contributed by atoms with Gasteiger partial charge in [0.05, 0.1) is 11.9 Å². The molecule has 6 heteroatoms. The number of nitrogens with one attached hydrogen (secondary N) is 1. The second kappa shape index (κ2) is 6.44.